The molecule has 7 nitrogen and oxygen atoms in total. The molecule has 1 aliphatic rings. The average molecular weight is 320 g/mol. The van der Waals surface area contributed by atoms with Gasteiger partial charge in [0.15, 0.2) is 0 Å². The Morgan fingerprint density at radius 1 is 1.50 bits per heavy atom. The minimum absolute atomic E-state index is 0.0585. The number of fused-ring (bicyclic) bond motifs is 1. The van der Waals surface area contributed by atoms with Gasteiger partial charge in [-0.25, -0.2) is 13.4 Å². The van der Waals surface area contributed by atoms with E-state index in [2.05, 4.69) is 23.0 Å². The van der Waals surface area contributed by atoms with Gasteiger partial charge in [-0.3, -0.25) is 0 Å². The highest BCUT2D eigenvalue weighted by atomic mass is 32.2. The Morgan fingerprint density at radius 2 is 2.27 bits per heavy atom. The zero-order valence-electron chi connectivity index (χ0n) is 12.4. The molecule has 2 unspecified atom stereocenters. The third-order valence-corrected chi connectivity index (χ3v) is 4.79. The normalized spacial score (nSPS) is 22.6. The van der Waals surface area contributed by atoms with E-state index < -0.39 is 9.84 Å². The van der Waals surface area contributed by atoms with E-state index in [9.17, 15) is 13.7 Å². The zero-order chi connectivity index (χ0) is 15.9. The average Bonchev–Trinajstić information content (AvgIpc) is 2.84. The molecule has 0 amide bonds. The molecule has 116 valence electrons. The van der Waals surface area contributed by atoms with Crippen molar-refractivity contribution in [2.75, 3.05) is 19.5 Å². The smallest absolute Gasteiger partial charge is 0.248 e. The second-order valence-electron chi connectivity index (χ2n) is 5.62. The molecule has 1 saturated heterocycles. The van der Waals surface area contributed by atoms with E-state index in [0.29, 0.717) is 29.9 Å². The van der Waals surface area contributed by atoms with Crippen LogP contribution in [0.3, 0.4) is 0 Å². The maximum Gasteiger partial charge on any atom is 0.248 e. The molecule has 3 heterocycles. The van der Waals surface area contributed by atoms with Gasteiger partial charge >= 0.3 is 0 Å². The van der Waals surface area contributed by atoms with E-state index in [1.165, 1.54) is 6.20 Å². The highest BCUT2D eigenvalue weighted by Crippen LogP contribution is 2.32. The van der Waals surface area contributed by atoms with Crippen LogP contribution in [-0.4, -0.2) is 42.4 Å². The summed E-state index contributed by atoms with van der Waals surface area (Å²) in [5, 5.41) is 9.85. The Bertz CT molecular complexity index is 866. The third-order valence-electron chi connectivity index (χ3n) is 3.93. The minimum Gasteiger partial charge on any atom is -0.381 e. The third kappa shape index (κ3) is 2.46. The molecule has 0 saturated carbocycles. The number of aromatic nitrogens is 3. The van der Waals surface area contributed by atoms with Crippen LogP contribution in [0.5, 0.6) is 0 Å². The molecule has 0 spiro atoms. The number of hydrogen-bond donors (Lipinski definition) is 0. The fourth-order valence-corrected chi connectivity index (χ4v) is 3.34. The largest absolute Gasteiger partial charge is 0.381 e. The minimum atomic E-state index is -3.50. The summed E-state index contributed by atoms with van der Waals surface area (Å²) in [5.74, 6) is 0.216. The topological polar surface area (TPSA) is 97.9 Å². The van der Waals surface area contributed by atoms with Crippen LogP contribution >= 0.6 is 0 Å². The molecule has 3 rings (SSSR count). The van der Waals surface area contributed by atoms with E-state index >= 15 is 0 Å². The molecular formula is C14H16N4O3S. The maximum absolute atomic E-state index is 11.7. The van der Waals surface area contributed by atoms with Crippen LogP contribution < -0.4 is 0 Å². The Kier molecular flexibility index (Phi) is 3.62. The van der Waals surface area contributed by atoms with Crippen molar-refractivity contribution < 1.29 is 13.2 Å². The van der Waals surface area contributed by atoms with Gasteiger partial charge in [0, 0.05) is 36.4 Å². The summed E-state index contributed by atoms with van der Waals surface area (Å²) < 4.78 is 30.7. The second-order valence-corrected chi connectivity index (χ2v) is 7.53. The number of nitrogens with zero attached hydrogens (tertiary/aromatic N) is 4. The molecule has 1 aliphatic heterocycles. The molecular weight excluding hydrogens is 304 g/mol. The van der Waals surface area contributed by atoms with Crippen molar-refractivity contribution in [1.82, 2.24) is 14.5 Å². The summed E-state index contributed by atoms with van der Waals surface area (Å²) in [4.78, 5) is 8.08. The van der Waals surface area contributed by atoms with Gasteiger partial charge in [-0.2, -0.15) is 10.2 Å². The lowest BCUT2D eigenvalue weighted by Gasteiger charge is -2.31. The van der Waals surface area contributed by atoms with Gasteiger partial charge in [0.05, 0.1) is 6.61 Å². The number of nitriles is 1. The van der Waals surface area contributed by atoms with Crippen molar-refractivity contribution in [3.05, 3.63) is 18.0 Å². The van der Waals surface area contributed by atoms with E-state index in [4.69, 9.17) is 4.74 Å². The van der Waals surface area contributed by atoms with E-state index in [-0.39, 0.29) is 17.1 Å². The van der Waals surface area contributed by atoms with Crippen LogP contribution in [0, 0.1) is 17.2 Å². The molecule has 0 radical (unpaired) electrons. The van der Waals surface area contributed by atoms with Crippen molar-refractivity contribution in [1.29, 1.82) is 5.26 Å². The summed E-state index contributed by atoms with van der Waals surface area (Å²) in [7, 11) is -3.50. The van der Waals surface area contributed by atoms with Gasteiger partial charge in [0.2, 0.25) is 15.0 Å². The molecule has 0 N–H and O–H groups in total. The van der Waals surface area contributed by atoms with Crippen molar-refractivity contribution in [2.45, 2.75) is 24.5 Å². The van der Waals surface area contributed by atoms with Gasteiger partial charge in [-0.1, -0.05) is 6.92 Å². The molecule has 2 atom stereocenters. The summed E-state index contributed by atoms with van der Waals surface area (Å²) in [6.45, 7) is 3.28. The fraction of sp³-hybridized carbons (Fsp3) is 0.500. The highest BCUT2D eigenvalue weighted by molar-refractivity contribution is 7.90. The Balaban J connectivity index is 2.24. The monoisotopic (exact) mass is 320 g/mol. The van der Waals surface area contributed by atoms with Gasteiger partial charge in [-0.15, -0.1) is 0 Å². The van der Waals surface area contributed by atoms with Crippen LogP contribution in [0.2, 0.25) is 0 Å². The molecule has 0 bridgehead atoms. The molecule has 8 heteroatoms. The molecule has 2 aromatic heterocycles. The van der Waals surface area contributed by atoms with E-state index in [1.807, 2.05) is 4.57 Å². The van der Waals surface area contributed by atoms with Crippen LogP contribution in [-0.2, 0) is 14.6 Å². The summed E-state index contributed by atoms with van der Waals surface area (Å²) >= 11 is 0. The number of rotatable bonds is 2. The molecule has 22 heavy (non-hydrogen) atoms. The van der Waals surface area contributed by atoms with Crippen molar-refractivity contribution in [2.24, 2.45) is 5.92 Å². The van der Waals surface area contributed by atoms with Gasteiger partial charge < -0.3 is 9.30 Å². The van der Waals surface area contributed by atoms with Gasteiger partial charge in [0.25, 0.3) is 0 Å². The van der Waals surface area contributed by atoms with Crippen molar-refractivity contribution >= 4 is 20.9 Å². The Hall–Kier alpha value is -1.98. The van der Waals surface area contributed by atoms with Crippen LogP contribution in [0.4, 0.5) is 0 Å². The van der Waals surface area contributed by atoms with E-state index in [0.717, 1.165) is 12.7 Å². The maximum atomic E-state index is 11.7. The second kappa shape index (κ2) is 5.34. The number of ether oxygens (including phenoxy) is 1. The highest BCUT2D eigenvalue weighted by Gasteiger charge is 2.28. The Morgan fingerprint density at radius 3 is 2.91 bits per heavy atom. The predicted octanol–water partition coefficient (Wildman–Crippen LogP) is 1.30. The summed E-state index contributed by atoms with van der Waals surface area (Å²) in [5.41, 5.74) is 0.958. The lowest BCUT2D eigenvalue weighted by atomic mass is 9.97. The molecule has 1 fully saturated rings. The fourth-order valence-electron chi connectivity index (χ4n) is 2.85. The lowest BCUT2D eigenvalue weighted by molar-refractivity contribution is 0.0295. The quantitative estimate of drug-likeness (QED) is 0.774. The first-order chi connectivity index (χ1) is 10.4. The van der Waals surface area contributed by atoms with Crippen molar-refractivity contribution in [3.8, 4) is 6.07 Å². The SMILES string of the molecule is CC1COCCC1n1c(C#N)cc2cnc(S(C)(=O)=O)nc21. The summed E-state index contributed by atoms with van der Waals surface area (Å²) in [6, 6.07) is 3.92. The van der Waals surface area contributed by atoms with Gasteiger partial charge in [0.1, 0.15) is 17.4 Å². The molecule has 0 aromatic carbocycles. The predicted molar refractivity (Wildman–Crippen MR) is 79.0 cm³/mol. The first kappa shape index (κ1) is 14.9. The van der Waals surface area contributed by atoms with Gasteiger partial charge in [-0.05, 0) is 12.5 Å². The van der Waals surface area contributed by atoms with Crippen LogP contribution in [0.1, 0.15) is 25.1 Å². The molecule has 2 aromatic rings. The van der Waals surface area contributed by atoms with Crippen molar-refractivity contribution in [3.63, 3.8) is 0 Å². The number of sulfone groups is 1. The first-order valence-electron chi connectivity index (χ1n) is 6.97. The van der Waals surface area contributed by atoms with Crippen LogP contribution in [0.15, 0.2) is 17.4 Å². The van der Waals surface area contributed by atoms with E-state index in [1.54, 1.807) is 6.07 Å². The number of hydrogen-bond acceptors (Lipinski definition) is 6. The first-order valence-corrected chi connectivity index (χ1v) is 8.87. The zero-order valence-corrected chi connectivity index (χ0v) is 13.2. The Labute approximate surface area is 128 Å². The summed E-state index contributed by atoms with van der Waals surface area (Å²) in [6.07, 6.45) is 3.29. The standard InChI is InChI=1S/C14H16N4O3S/c1-9-8-21-4-3-12(9)18-11(6-15)5-10-7-16-14(17-13(10)18)22(2,19)20/h5,7,9,12H,3-4,8H2,1-2H3. The molecule has 0 aliphatic carbocycles. The van der Waals surface area contributed by atoms with Crippen LogP contribution in [0.25, 0.3) is 11.0 Å². The lowest BCUT2D eigenvalue weighted by Crippen LogP contribution is -2.28.